The molecular formula is C72H138N3P3+6. The molecule has 5 rings (SSSR count). The Balaban J connectivity index is 0.000000339. The molecule has 3 heterocycles. The monoisotopic (exact) mass is 1140 g/mol. The van der Waals surface area contributed by atoms with Crippen LogP contribution in [0.25, 0.3) is 0 Å². The predicted octanol–water partition coefficient (Wildman–Crippen LogP) is 21.3. The number of quaternary nitrogens is 3. The first-order valence-corrected chi connectivity index (χ1v) is 42.5. The zero-order valence-electron chi connectivity index (χ0n) is 55.7. The molecule has 0 radical (unpaired) electrons. The number of benzene rings is 2. The van der Waals surface area contributed by atoms with E-state index in [0.29, 0.717) is 0 Å². The topological polar surface area (TPSA) is 0 Å². The molecule has 0 N–H and O–H groups in total. The van der Waals surface area contributed by atoms with E-state index < -0.39 is 21.8 Å². The Bertz CT molecular complexity index is 1650. The Morgan fingerprint density at radius 1 is 0.295 bits per heavy atom. The Morgan fingerprint density at radius 2 is 0.487 bits per heavy atom. The molecule has 3 aliphatic rings. The fraction of sp³-hybridized carbons (Fsp3) is 0.833. The summed E-state index contributed by atoms with van der Waals surface area (Å²) in [4.78, 5) is 0. The quantitative estimate of drug-likeness (QED) is 0.0462. The lowest BCUT2D eigenvalue weighted by atomic mass is 9.90. The summed E-state index contributed by atoms with van der Waals surface area (Å²) in [6.07, 6.45) is 46.9. The van der Waals surface area contributed by atoms with Gasteiger partial charge in [-0.05, 0) is 149 Å². The highest BCUT2D eigenvalue weighted by molar-refractivity contribution is 7.75. The van der Waals surface area contributed by atoms with Crippen LogP contribution in [0, 0.1) is 20.8 Å². The highest BCUT2D eigenvalue weighted by atomic mass is 31.2. The van der Waals surface area contributed by atoms with Gasteiger partial charge in [0.05, 0.1) is 133 Å². The lowest BCUT2D eigenvalue weighted by Crippen LogP contribution is -2.46. The van der Waals surface area contributed by atoms with Crippen molar-refractivity contribution in [1.29, 1.82) is 0 Å². The second-order valence-corrected chi connectivity index (χ2v) is 40.7. The van der Waals surface area contributed by atoms with Crippen LogP contribution < -0.4 is 0 Å². The van der Waals surface area contributed by atoms with Crippen LogP contribution in [0.3, 0.4) is 0 Å². The van der Waals surface area contributed by atoms with Crippen LogP contribution in [-0.2, 0) is 38.1 Å². The minimum absolute atomic E-state index is 0.987. The zero-order chi connectivity index (χ0) is 57.1. The van der Waals surface area contributed by atoms with Crippen LogP contribution in [0.1, 0.15) is 268 Å². The number of rotatable bonds is 39. The van der Waals surface area contributed by atoms with Gasteiger partial charge in [0.2, 0.25) is 0 Å². The normalized spacial score (nSPS) is 17.3. The molecule has 2 aromatic rings. The van der Waals surface area contributed by atoms with E-state index in [2.05, 4.69) is 122 Å². The average Bonchev–Trinajstić information content (AvgIpc) is 4.26. The van der Waals surface area contributed by atoms with Crippen molar-refractivity contribution in [2.24, 2.45) is 0 Å². The van der Waals surface area contributed by atoms with Crippen LogP contribution in [0.15, 0.2) is 18.2 Å². The second-order valence-electron chi connectivity index (χ2n) is 27.7. The Hall–Kier alpha value is -0.390. The molecule has 0 spiro atoms. The predicted molar refractivity (Wildman–Crippen MR) is 364 cm³/mol. The van der Waals surface area contributed by atoms with E-state index in [4.69, 9.17) is 0 Å². The Labute approximate surface area is 492 Å². The molecule has 0 unspecified atom stereocenters. The molecule has 0 aliphatic carbocycles. The standard InChI is InChI=1S/C39H78P3.C33H60N3/c1-13-22-40(23-14-2,24-15-3)31-37-34(10)38(32-41(25-16-4,26-17-5)27-18-6)36(12)39(35(37)11)33-42(28-19-7,29-20-8)30-21-9;1-4-7-16-34(19-10-11-20-34)28-31-25-32(29-35(17-8-5-2)21-12-13-22-35)27-33(26-31)30-36(18-9-6-3)23-14-15-24-36/h13-33H2,1-12H3;25-27H,4-24,28-30H2,1-3H3/q2*+3. The van der Waals surface area contributed by atoms with Crippen LogP contribution >= 0.6 is 21.8 Å². The summed E-state index contributed by atoms with van der Waals surface area (Å²) < 4.78 is 4.09. The van der Waals surface area contributed by atoms with Crippen LogP contribution in [0.2, 0.25) is 0 Å². The van der Waals surface area contributed by atoms with Crippen molar-refractivity contribution >= 4 is 21.8 Å². The van der Waals surface area contributed by atoms with Gasteiger partial charge in [-0.1, -0.05) is 102 Å². The third-order valence-corrected chi connectivity index (χ3v) is 36.2. The van der Waals surface area contributed by atoms with Gasteiger partial charge < -0.3 is 13.4 Å². The van der Waals surface area contributed by atoms with E-state index in [0.717, 1.165) is 0 Å². The van der Waals surface area contributed by atoms with E-state index in [1.165, 1.54) is 301 Å². The summed E-state index contributed by atoms with van der Waals surface area (Å²) in [6.45, 7) is 53.5. The van der Waals surface area contributed by atoms with Crippen molar-refractivity contribution in [2.75, 3.05) is 114 Å². The molecule has 0 amide bonds. The molecular weight excluding hydrogens is 1000 g/mol. The minimum atomic E-state index is -0.987. The van der Waals surface area contributed by atoms with Crippen molar-refractivity contribution in [2.45, 2.75) is 277 Å². The summed E-state index contributed by atoms with van der Waals surface area (Å²) in [6, 6.07) is 8.04. The minimum Gasteiger partial charge on any atom is -0.320 e. The second kappa shape index (κ2) is 35.8. The number of nitrogens with zero attached hydrogens (tertiary/aromatic N) is 3. The number of likely N-dealkylation sites (tertiary alicyclic amines) is 3. The van der Waals surface area contributed by atoms with Crippen LogP contribution in [-0.4, -0.2) is 128 Å². The van der Waals surface area contributed by atoms with Crippen LogP contribution in [0.4, 0.5) is 0 Å². The first-order chi connectivity index (χ1) is 37.6. The highest BCUT2D eigenvalue weighted by Crippen LogP contribution is 2.67. The molecule has 2 aromatic carbocycles. The molecule has 6 heteroatoms. The van der Waals surface area contributed by atoms with Crippen molar-refractivity contribution in [3.05, 3.63) is 68.3 Å². The molecule has 450 valence electrons. The van der Waals surface area contributed by atoms with Crippen molar-refractivity contribution < 1.29 is 13.4 Å². The molecule has 3 nitrogen and oxygen atoms in total. The first-order valence-electron chi connectivity index (χ1n) is 34.9. The molecule has 3 aliphatic heterocycles. The average molecular weight is 1140 g/mol. The lowest BCUT2D eigenvalue weighted by Gasteiger charge is -2.37. The van der Waals surface area contributed by atoms with Gasteiger partial charge in [-0.2, -0.15) is 0 Å². The first kappa shape index (κ1) is 70.1. The fourth-order valence-corrected chi connectivity index (χ4v) is 32.7. The smallest absolute Gasteiger partial charge is 0.104 e. The van der Waals surface area contributed by atoms with E-state index >= 15 is 0 Å². The van der Waals surface area contributed by atoms with Crippen molar-refractivity contribution in [3.8, 4) is 0 Å². The summed E-state index contributed by atoms with van der Waals surface area (Å²) >= 11 is 0. The fourth-order valence-electron chi connectivity index (χ4n) is 17.3. The van der Waals surface area contributed by atoms with Gasteiger partial charge in [-0.3, -0.25) is 0 Å². The van der Waals surface area contributed by atoms with Gasteiger partial charge >= 0.3 is 0 Å². The van der Waals surface area contributed by atoms with E-state index in [9.17, 15) is 0 Å². The third kappa shape index (κ3) is 20.4. The molecule has 3 saturated heterocycles. The number of hydrogen-bond acceptors (Lipinski definition) is 0. The maximum atomic E-state index is 2.68. The Morgan fingerprint density at radius 3 is 0.654 bits per heavy atom. The summed E-state index contributed by atoms with van der Waals surface area (Å²) in [5.74, 6) is 0. The van der Waals surface area contributed by atoms with E-state index in [1.807, 2.05) is 16.7 Å². The maximum absolute atomic E-state index is 2.68. The lowest BCUT2D eigenvalue weighted by molar-refractivity contribution is -0.931. The summed E-state index contributed by atoms with van der Waals surface area (Å²) in [7, 11) is -2.96. The van der Waals surface area contributed by atoms with Gasteiger partial charge in [0.15, 0.2) is 0 Å². The molecule has 0 atom stereocenters. The van der Waals surface area contributed by atoms with Gasteiger partial charge in [0.1, 0.15) is 19.6 Å². The zero-order valence-corrected chi connectivity index (χ0v) is 58.4. The largest absolute Gasteiger partial charge is 0.320 e. The van der Waals surface area contributed by atoms with Gasteiger partial charge in [0.25, 0.3) is 0 Å². The molecule has 0 saturated carbocycles. The molecule has 3 fully saturated rings. The van der Waals surface area contributed by atoms with Gasteiger partial charge in [-0.25, -0.2) is 0 Å². The van der Waals surface area contributed by atoms with Gasteiger partial charge in [0, 0.05) is 77.0 Å². The van der Waals surface area contributed by atoms with E-state index in [1.54, 1.807) is 33.4 Å². The third-order valence-electron chi connectivity index (χ3n) is 20.6. The van der Waals surface area contributed by atoms with Crippen LogP contribution in [0.5, 0.6) is 0 Å². The summed E-state index contributed by atoms with van der Waals surface area (Å²) in [5, 5.41) is 0. The van der Waals surface area contributed by atoms with Gasteiger partial charge in [-0.15, -0.1) is 0 Å². The number of unbranched alkanes of at least 4 members (excludes halogenated alkanes) is 3. The van der Waals surface area contributed by atoms with E-state index in [-0.39, 0.29) is 0 Å². The van der Waals surface area contributed by atoms with Crippen molar-refractivity contribution in [3.63, 3.8) is 0 Å². The molecule has 0 aromatic heterocycles. The SMILES string of the molecule is CCCC[N+]1(Cc2cc(C[N+]3(CCCC)CCCC3)cc(C[N+]3(CCCC)CCCC3)c2)CCCC1.CCC[P+](CCC)(CCC)Cc1c(C)c(C[P+](CCC)(CCC)CCC)c(C)c(C[P+](CCC)(CCC)CCC)c1C. The summed E-state index contributed by atoms with van der Waals surface area (Å²) in [5.41, 5.74) is 15.8. The Kier molecular flexibility index (Phi) is 32.2. The molecule has 0 bridgehead atoms. The number of hydrogen-bond donors (Lipinski definition) is 0. The molecule has 78 heavy (non-hydrogen) atoms. The maximum Gasteiger partial charge on any atom is 0.104 e. The van der Waals surface area contributed by atoms with Crippen molar-refractivity contribution in [1.82, 2.24) is 0 Å². The highest BCUT2D eigenvalue weighted by Gasteiger charge is 2.43.